The average Bonchev–Trinajstić information content (AvgIpc) is 2.81. The zero-order chi connectivity index (χ0) is 14.3. The Labute approximate surface area is 121 Å². The fourth-order valence-electron chi connectivity index (χ4n) is 1.99. The second-order valence-electron chi connectivity index (χ2n) is 4.28. The maximum atomic E-state index is 12.9. The minimum atomic E-state index is -4.41. The summed E-state index contributed by atoms with van der Waals surface area (Å²) in [5.74, 6) is 0. The molecule has 3 rings (SSSR count). The number of fused-ring (bicyclic) bond motifs is 1. The van der Waals surface area contributed by atoms with Gasteiger partial charge in [-0.15, -0.1) is 0 Å². The van der Waals surface area contributed by atoms with Crippen LogP contribution in [0.3, 0.4) is 0 Å². The van der Waals surface area contributed by atoms with Crippen molar-refractivity contribution in [2.75, 3.05) is 0 Å². The molecular formula is C14H8BrF3N2. The van der Waals surface area contributed by atoms with Crippen molar-refractivity contribution in [2.45, 2.75) is 6.18 Å². The van der Waals surface area contributed by atoms with E-state index in [9.17, 15) is 13.2 Å². The number of pyridine rings is 1. The van der Waals surface area contributed by atoms with Crippen LogP contribution in [0.4, 0.5) is 13.2 Å². The number of imidazole rings is 1. The molecule has 0 aliphatic carbocycles. The Morgan fingerprint density at radius 3 is 2.40 bits per heavy atom. The van der Waals surface area contributed by atoms with Gasteiger partial charge in [-0.25, -0.2) is 4.98 Å². The first kappa shape index (κ1) is 13.2. The van der Waals surface area contributed by atoms with E-state index in [0.29, 0.717) is 5.69 Å². The summed E-state index contributed by atoms with van der Waals surface area (Å²) in [5.41, 5.74) is 0.459. The van der Waals surface area contributed by atoms with Gasteiger partial charge in [-0.05, 0) is 24.3 Å². The van der Waals surface area contributed by atoms with Crippen LogP contribution >= 0.6 is 15.9 Å². The number of hydrogen-bond donors (Lipinski definition) is 0. The number of alkyl halides is 3. The molecule has 102 valence electrons. The minimum absolute atomic E-state index is 0.0853. The molecule has 0 saturated heterocycles. The van der Waals surface area contributed by atoms with E-state index in [1.807, 2.05) is 12.1 Å². The zero-order valence-corrected chi connectivity index (χ0v) is 11.6. The summed E-state index contributed by atoms with van der Waals surface area (Å²) >= 11 is 3.32. The number of benzene rings is 1. The molecule has 1 aromatic carbocycles. The van der Waals surface area contributed by atoms with Crippen molar-refractivity contribution in [3.8, 4) is 11.3 Å². The van der Waals surface area contributed by atoms with Gasteiger partial charge in [0.1, 0.15) is 5.65 Å². The monoisotopic (exact) mass is 340 g/mol. The molecule has 2 nitrogen and oxygen atoms in total. The first-order valence-electron chi connectivity index (χ1n) is 5.76. The number of nitrogens with zero attached hydrogens (tertiary/aromatic N) is 2. The van der Waals surface area contributed by atoms with Gasteiger partial charge in [0.05, 0.1) is 11.3 Å². The topological polar surface area (TPSA) is 17.3 Å². The fraction of sp³-hybridized carbons (Fsp3) is 0.0714. The zero-order valence-electron chi connectivity index (χ0n) is 10.0. The van der Waals surface area contributed by atoms with Crippen LogP contribution in [0.15, 0.2) is 53.3 Å². The summed E-state index contributed by atoms with van der Waals surface area (Å²) < 4.78 is 41.1. The lowest BCUT2D eigenvalue weighted by Gasteiger charge is -2.06. The maximum absolute atomic E-state index is 12.9. The van der Waals surface area contributed by atoms with Gasteiger partial charge in [0.25, 0.3) is 0 Å². The lowest BCUT2D eigenvalue weighted by molar-refractivity contribution is -0.136. The van der Waals surface area contributed by atoms with Crippen LogP contribution in [0.1, 0.15) is 5.56 Å². The summed E-state index contributed by atoms with van der Waals surface area (Å²) in [4.78, 5) is 4.11. The van der Waals surface area contributed by atoms with Crippen molar-refractivity contribution in [2.24, 2.45) is 0 Å². The lowest BCUT2D eigenvalue weighted by atomic mass is 10.2. The molecular weight excluding hydrogens is 333 g/mol. The molecule has 20 heavy (non-hydrogen) atoms. The van der Waals surface area contributed by atoms with Crippen molar-refractivity contribution in [1.82, 2.24) is 9.38 Å². The van der Waals surface area contributed by atoms with E-state index in [1.165, 1.54) is 10.5 Å². The maximum Gasteiger partial charge on any atom is 0.419 e. The molecule has 0 unspecified atom stereocenters. The van der Waals surface area contributed by atoms with Crippen LogP contribution in [-0.2, 0) is 6.18 Å². The quantitative estimate of drug-likeness (QED) is 0.623. The molecule has 6 heteroatoms. The molecule has 0 N–H and O–H groups in total. The number of rotatable bonds is 1. The Balaban J connectivity index is 2.18. The number of halogens is 4. The van der Waals surface area contributed by atoms with Gasteiger partial charge >= 0.3 is 6.18 Å². The van der Waals surface area contributed by atoms with Crippen LogP contribution in [0.25, 0.3) is 16.9 Å². The van der Waals surface area contributed by atoms with Gasteiger partial charge in [-0.2, -0.15) is 13.2 Å². The van der Waals surface area contributed by atoms with Gasteiger partial charge in [0.2, 0.25) is 0 Å². The SMILES string of the molecule is FC(F)(F)c1cccn2cc(-c3ccc(Br)cc3)nc12. The predicted molar refractivity (Wildman–Crippen MR) is 73.3 cm³/mol. The second kappa shape index (κ2) is 4.63. The summed E-state index contributed by atoms with van der Waals surface area (Å²) in [6.07, 6.45) is -1.27. The van der Waals surface area contributed by atoms with Crippen LogP contribution in [0, 0.1) is 0 Å². The summed E-state index contributed by atoms with van der Waals surface area (Å²) in [5, 5.41) is 0. The summed E-state index contributed by atoms with van der Waals surface area (Å²) in [6, 6.07) is 9.66. The molecule has 0 aliphatic heterocycles. The molecule has 0 spiro atoms. The van der Waals surface area contributed by atoms with E-state index in [2.05, 4.69) is 20.9 Å². The molecule has 0 aliphatic rings. The van der Waals surface area contributed by atoms with E-state index < -0.39 is 11.7 Å². The molecule has 3 aromatic rings. The standard InChI is InChI=1S/C14H8BrF3N2/c15-10-5-3-9(4-6-10)12-8-20-7-1-2-11(13(20)19-12)14(16,17)18/h1-8H. The van der Waals surface area contributed by atoms with E-state index >= 15 is 0 Å². The highest BCUT2D eigenvalue weighted by molar-refractivity contribution is 9.10. The lowest BCUT2D eigenvalue weighted by Crippen LogP contribution is -2.07. The first-order chi connectivity index (χ1) is 9.45. The van der Waals surface area contributed by atoms with Gasteiger partial charge < -0.3 is 4.40 Å². The minimum Gasteiger partial charge on any atom is -0.306 e. The molecule has 0 fully saturated rings. The molecule has 0 saturated carbocycles. The fourth-order valence-corrected chi connectivity index (χ4v) is 2.26. The number of aromatic nitrogens is 2. The van der Waals surface area contributed by atoms with Gasteiger partial charge in [-0.1, -0.05) is 28.1 Å². The van der Waals surface area contributed by atoms with Gasteiger partial charge in [0.15, 0.2) is 0 Å². The molecule has 2 heterocycles. The summed E-state index contributed by atoms with van der Waals surface area (Å²) in [6.45, 7) is 0. The first-order valence-corrected chi connectivity index (χ1v) is 6.55. The largest absolute Gasteiger partial charge is 0.419 e. The van der Waals surface area contributed by atoms with Crippen molar-refractivity contribution >= 4 is 21.6 Å². The Morgan fingerprint density at radius 1 is 1.05 bits per heavy atom. The predicted octanol–water partition coefficient (Wildman–Crippen LogP) is 4.78. The molecule has 0 radical (unpaired) electrons. The van der Waals surface area contributed by atoms with E-state index in [4.69, 9.17) is 0 Å². The molecule has 0 atom stereocenters. The van der Waals surface area contributed by atoms with Crippen LogP contribution < -0.4 is 0 Å². The van der Waals surface area contributed by atoms with E-state index in [1.54, 1.807) is 24.5 Å². The van der Waals surface area contributed by atoms with Crippen molar-refractivity contribution in [3.63, 3.8) is 0 Å². The highest BCUT2D eigenvalue weighted by atomic mass is 79.9. The van der Waals surface area contributed by atoms with Crippen molar-refractivity contribution < 1.29 is 13.2 Å². The Hall–Kier alpha value is -1.82. The highest BCUT2D eigenvalue weighted by Crippen LogP contribution is 2.33. The van der Waals surface area contributed by atoms with Crippen LogP contribution in [-0.4, -0.2) is 9.38 Å². The van der Waals surface area contributed by atoms with Crippen molar-refractivity contribution in [1.29, 1.82) is 0 Å². The van der Waals surface area contributed by atoms with Crippen LogP contribution in [0.5, 0.6) is 0 Å². The van der Waals surface area contributed by atoms with Gasteiger partial charge in [-0.3, -0.25) is 0 Å². The third kappa shape index (κ3) is 2.31. The molecule has 0 amide bonds. The second-order valence-corrected chi connectivity index (χ2v) is 5.20. The average molecular weight is 341 g/mol. The van der Waals surface area contributed by atoms with E-state index in [-0.39, 0.29) is 5.65 Å². The third-order valence-electron chi connectivity index (χ3n) is 2.93. The third-order valence-corrected chi connectivity index (χ3v) is 3.46. The Morgan fingerprint density at radius 2 is 1.75 bits per heavy atom. The molecule has 2 aromatic heterocycles. The van der Waals surface area contributed by atoms with Gasteiger partial charge in [0, 0.05) is 22.4 Å². The molecule has 0 bridgehead atoms. The van der Waals surface area contributed by atoms with Crippen molar-refractivity contribution in [3.05, 3.63) is 58.8 Å². The Bertz CT molecular complexity index is 760. The normalized spacial score (nSPS) is 12.0. The highest BCUT2D eigenvalue weighted by Gasteiger charge is 2.33. The summed E-state index contributed by atoms with van der Waals surface area (Å²) in [7, 11) is 0. The van der Waals surface area contributed by atoms with Crippen LogP contribution in [0.2, 0.25) is 0 Å². The smallest absolute Gasteiger partial charge is 0.306 e. The number of hydrogen-bond acceptors (Lipinski definition) is 1. The van der Waals surface area contributed by atoms with E-state index in [0.717, 1.165) is 16.1 Å². The Kier molecular flexibility index (Phi) is 3.05.